The summed E-state index contributed by atoms with van der Waals surface area (Å²) in [5.41, 5.74) is 0. The molecule has 0 bridgehead atoms. The van der Waals surface area contributed by atoms with Crippen LogP contribution in [-0.2, 0) is 9.59 Å². The summed E-state index contributed by atoms with van der Waals surface area (Å²) in [7, 11) is 0. The summed E-state index contributed by atoms with van der Waals surface area (Å²) in [4.78, 5) is 23.9. The zero-order valence-electron chi connectivity index (χ0n) is 8.69. The minimum Gasteiger partial charge on any atom is -0.481 e. The summed E-state index contributed by atoms with van der Waals surface area (Å²) >= 11 is 0. The zero-order chi connectivity index (χ0) is 10.7. The molecule has 1 saturated heterocycles. The van der Waals surface area contributed by atoms with Crippen LogP contribution < -0.4 is 0 Å². The highest BCUT2D eigenvalue weighted by Gasteiger charge is 2.36. The van der Waals surface area contributed by atoms with Crippen molar-refractivity contribution in [3.8, 4) is 0 Å². The molecule has 0 aromatic heterocycles. The largest absolute Gasteiger partial charge is 0.481 e. The number of likely N-dealkylation sites (tertiary alicyclic amines) is 1. The first-order valence-corrected chi connectivity index (χ1v) is 5.12. The van der Waals surface area contributed by atoms with E-state index in [2.05, 4.69) is 0 Å². The molecule has 14 heavy (non-hydrogen) atoms. The Bertz CT molecular complexity index is 236. The van der Waals surface area contributed by atoms with Crippen LogP contribution in [0.25, 0.3) is 0 Å². The number of hydrogen-bond donors (Lipinski definition) is 1. The van der Waals surface area contributed by atoms with E-state index in [4.69, 9.17) is 5.11 Å². The Labute approximate surface area is 83.9 Å². The quantitative estimate of drug-likeness (QED) is 0.737. The maximum absolute atomic E-state index is 11.5. The average molecular weight is 199 g/mol. The first-order valence-electron chi connectivity index (χ1n) is 5.12. The molecule has 1 aliphatic rings. The Morgan fingerprint density at radius 2 is 2.14 bits per heavy atom. The number of rotatable bonds is 4. The molecular weight excluding hydrogens is 182 g/mol. The van der Waals surface area contributed by atoms with Crippen molar-refractivity contribution in [2.24, 2.45) is 5.92 Å². The van der Waals surface area contributed by atoms with E-state index in [0.717, 1.165) is 12.8 Å². The number of aliphatic carboxylic acids is 1. The molecular formula is C10H17NO3. The van der Waals surface area contributed by atoms with Gasteiger partial charge in [-0.15, -0.1) is 0 Å². The van der Waals surface area contributed by atoms with Gasteiger partial charge in [-0.05, 0) is 12.8 Å². The molecule has 0 saturated carbocycles. The first kappa shape index (κ1) is 11.0. The van der Waals surface area contributed by atoms with Crippen molar-refractivity contribution in [1.82, 2.24) is 4.90 Å². The van der Waals surface area contributed by atoms with Crippen LogP contribution in [0.1, 0.15) is 33.1 Å². The van der Waals surface area contributed by atoms with Crippen LogP contribution >= 0.6 is 0 Å². The molecule has 4 heteroatoms. The van der Waals surface area contributed by atoms with Crippen LogP contribution in [-0.4, -0.2) is 34.5 Å². The van der Waals surface area contributed by atoms with Crippen molar-refractivity contribution in [2.45, 2.75) is 39.2 Å². The van der Waals surface area contributed by atoms with Gasteiger partial charge in [0.2, 0.25) is 5.91 Å². The smallest absolute Gasteiger partial charge is 0.308 e. The molecule has 1 fully saturated rings. The second-order valence-corrected chi connectivity index (χ2v) is 3.76. The number of hydrogen-bond acceptors (Lipinski definition) is 2. The van der Waals surface area contributed by atoms with E-state index in [1.165, 1.54) is 0 Å². The molecule has 1 amide bonds. The van der Waals surface area contributed by atoms with E-state index in [1.807, 2.05) is 13.8 Å². The van der Waals surface area contributed by atoms with Gasteiger partial charge in [-0.2, -0.15) is 0 Å². The van der Waals surface area contributed by atoms with Crippen LogP contribution in [0.2, 0.25) is 0 Å². The van der Waals surface area contributed by atoms with Crippen LogP contribution in [0.4, 0.5) is 0 Å². The minimum absolute atomic E-state index is 0.00824. The molecule has 80 valence electrons. The Hall–Kier alpha value is -1.06. The summed E-state index contributed by atoms with van der Waals surface area (Å²) in [6.45, 7) is 4.44. The lowest BCUT2D eigenvalue weighted by molar-refractivity contribution is -0.141. The fraction of sp³-hybridized carbons (Fsp3) is 0.800. The third-order valence-corrected chi connectivity index (χ3v) is 2.89. The molecule has 1 heterocycles. The highest BCUT2D eigenvalue weighted by atomic mass is 16.4. The van der Waals surface area contributed by atoms with E-state index in [1.54, 1.807) is 4.90 Å². The van der Waals surface area contributed by atoms with Crippen molar-refractivity contribution in [2.75, 3.05) is 6.54 Å². The van der Waals surface area contributed by atoms with Gasteiger partial charge in [-0.25, -0.2) is 0 Å². The third-order valence-electron chi connectivity index (χ3n) is 2.89. The second kappa shape index (κ2) is 4.44. The molecule has 0 aromatic rings. The molecule has 0 spiro atoms. The van der Waals surface area contributed by atoms with Gasteiger partial charge >= 0.3 is 5.97 Å². The van der Waals surface area contributed by atoms with Gasteiger partial charge < -0.3 is 10.0 Å². The molecule has 4 nitrogen and oxygen atoms in total. The molecule has 1 N–H and O–H groups in total. The SMILES string of the molecule is CCC(CC)N1CC(C(=O)O)CC1=O. The van der Waals surface area contributed by atoms with Crippen LogP contribution in [0.15, 0.2) is 0 Å². The van der Waals surface area contributed by atoms with E-state index in [-0.39, 0.29) is 18.4 Å². The molecule has 1 unspecified atom stereocenters. The third kappa shape index (κ3) is 2.05. The standard InChI is InChI=1S/C10H17NO3/c1-3-8(4-2)11-6-7(10(13)14)5-9(11)12/h7-8H,3-6H2,1-2H3,(H,13,14). The van der Waals surface area contributed by atoms with E-state index < -0.39 is 11.9 Å². The summed E-state index contributed by atoms with van der Waals surface area (Å²) in [5.74, 6) is -1.36. The molecule has 1 rings (SSSR count). The molecule has 1 aliphatic heterocycles. The van der Waals surface area contributed by atoms with Gasteiger partial charge in [0.25, 0.3) is 0 Å². The monoisotopic (exact) mass is 199 g/mol. The fourth-order valence-electron chi connectivity index (χ4n) is 1.98. The van der Waals surface area contributed by atoms with Gasteiger partial charge in [0.05, 0.1) is 5.92 Å². The minimum atomic E-state index is -0.855. The zero-order valence-corrected chi connectivity index (χ0v) is 8.69. The number of carbonyl (C=O) groups excluding carboxylic acids is 1. The Morgan fingerprint density at radius 3 is 2.50 bits per heavy atom. The summed E-state index contributed by atoms with van der Waals surface area (Å²) in [5, 5.41) is 8.80. The van der Waals surface area contributed by atoms with Crippen LogP contribution in [0.3, 0.4) is 0 Å². The number of carboxylic acid groups (broad SMARTS) is 1. The highest BCUT2D eigenvalue weighted by Crippen LogP contribution is 2.22. The van der Waals surface area contributed by atoms with E-state index >= 15 is 0 Å². The Kier molecular flexibility index (Phi) is 3.49. The van der Waals surface area contributed by atoms with Gasteiger partial charge in [0, 0.05) is 19.0 Å². The Balaban J connectivity index is 2.64. The van der Waals surface area contributed by atoms with Gasteiger partial charge in [-0.3, -0.25) is 9.59 Å². The van der Waals surface area contributed by atoms with Crippen molar-refractivity contribution < 1.29 is 14.7 Å². The van der Waals surface area contributed by atoms with E-state index in [9.17, 15) is 9.59 Å². The number of nitrogens with zero attached hydrogens (tertiary/aromatic N) is 1. The molecule has 0 aromatic carbocycles. The van der Waals surface area contributed by atoms with E-state index in [0.29, 0.717) is 6.54 Å². The van der Waals surface area contributed by atoms with Crippen molar-refractivity contribution in [1.29, 1.82) is 0 Å². The first-order chi connectivity index (χ1) is 6.60. The van der Waals surface area contributed by atoms with Crippen LogP contribution in [0.5, 0.6) is 0 Å². The van der Waals surface area contributed by atoms with Gasteiger partial charge in [0.1, 0.15) is 0 Å². The van der Waals surface area contributed by atoms with Gasteiger partial charge in [-0.1, -0.05) is 13.8 Å². The summed E-state index contributed by atoms with van der Waals surface area (Å²) < 4.78 is 0. The maximum Gasteiger partial charge on any atom is 0.308 e. The predicted octanol–water partition coefficient (Wildman–Crippen LogP) is 1.11. The Morgan fingerprint density at radius 1 is 1.57 bits per heavy atom. The van der Waals surface area contributed by atoms with Crippen molar-refractivity contribution >= 4 is 11.9 Å². The van der Waals surface area contributed by atoms with Crippen molar-refractivity contribution in [3.63, 3.8) is 0 Å². The lowest BCUT2D eigenvalue weighted by Gasteiger charge is -2.25. The normalized spacial score (nSPS) is 22.1. The average Bonchev–Trinajstić information content (AvgIpc) is 2.51. The van der Waals surface area contributed by atoms with Gasteiger partial charge in [0.15, 0.2) is 0 Å². The number of carboxylic acids is 1. The fourth-order valence-corrected chi connectivity index (χ4v) is 1.98. The molecule has 0 aliphatic carbocycles. The highest BCUT2D eigenvalue weighted by molar-refractivity contribution is 5.86. The maximum atomic E-state index is 11.5. The number of amides is 1. The second-order valence-electron chi connectivity index (χ2n) is 3.76. The summed E-state index contributed by atoms with van der Waals surface area (Å²) in [6.07, 6.45) is 1.97. The topological polar surface area (TPSA) is 57.6 Å². The summed E-state index contributed by atoms with van der Waals surface area (Å²) in [6, 6.07) is 0.215. The van der Waals surface area contributed by atoms with Crippen molar-refractivity contribution in [3.05, 3.63) is 0 Å². The lowest BCUT2D eigenvalue weighted by atomic mass is 10.1. The molecule has 0 radical (unpaired) electrons. The molecule has 1 atom stereocenters. The number of carbonyl (C=O) groups is 2. The predicted molar refractivity (Wildman–Crippen MR) is 51.8 cm³/mol. The van der Waals surface area contributed by atoms with Crippen LogP contribution in [0, 0.1) is 5.92 Å². The lowest BCUT2D eigenvalue weighted by Crippen LogP contribution is -2.36.